The third-order valence-corrected chi connectivity index (χ3v) is 6.89. The lowest BCUT2D eigenvalue weighted by atomic mass is 10.1. The highest BCUT2D eigenvalue weighted by atomic mass is 79.9. The van der Waals surface area contributed by atoms with E-state index in [1.807, 2.05) is 0 Å². The second-order valence-corrected chi connectivity index (χ2v) is 7.90. The van der Waals surface area contributed by atoms with E-state index in [1.54, 1.807) is 22.7 Å². The van der Waals surface area contributed by atoms with Crippen molar-refractivity contribution in [2.75, 3.05) is 13.6 Å². The maximum absolute atomic E-state index is 6.13. The van der Waals surface area contributed by atoms with Crippen LogP contribution in [0.4, 0.5) is 0 Å². The van der Waals surface area contributed by atoms with Crippen LogP contribution in [0.1, 0.15) is 28.8 Å². The van der Waals surface area contributed by atoms with Crippen LogP contribution in [-0.2, 0) is 0 Å². The van der Waals surface area contributed by atoms with E-state index in [4.69, 9.17) is 17.3 Å². The van der Waals surface area contributed by atoms with Gasteiger partial charge < -0.3 is 5.73 Å². The summed E-state index contributed by atoms with van der Waals surface area (Å²) in [5.74, 6) is 0. The third kappa shape index (κ3) is 3.40. The molecule has 2 heterocycles. The summed E-state index contributed by atoms with van der Waals surface area (Å²) in [5.41, 5.74) is 5.97. The minimum absolute atomic E-state index is 0.186. The highest BCUT2D eigenvalue weighted by Crippen LogP contribution is 2.39. The van der Waals surface area contributed by atoms with Crippen molar-refractivity contribution in [1.29, 1.82) is 0 Å². The van der Waals surface area contributed by atoms with E-state index in [9.17, 15) is 0 Å². The third-order valence-electron chi connectivity index (χ3n) is 3.27. The molecule has 0 aliphatic rings. The quantitative estimate of drug-likeness (QED) is 0.799. The number of rotatable bonds is 5. The minimum Gasteiger partial charge on any atom is -0.329 e. The van der Waals surface area contributed by atoms with E-state index in [1.165, 1.54) is 9.75 Å². The van der Waals surface area contributed by atoms with Crippen molar-refractivity contribution >= 4 is 50.2 Å². The normalized spacial score (nSPS) is 14.8. The summed E-state index contributed by atoms with van der Waals surface area (Å²) in [4.78, 5) is 4.86. The number of nitrogens with zero attached hydrogens (tertiary/aromatic N) is 1. The molecule has 2 aromatic rings. The van der Waals surface area contributed by atoms with Crippen LogP contribution in [0.25, 0.3) is 0 Å². The fourth-order valence-corrected chi connectivity index (χ4v) is 4.75. The largest absolute Gasteiger partial charge is 0.329 e. The Balaban J connectivity index is 2.21. The molecule has 2 aromatic heterocycles. The molecule has 0 radical (unpaired) electrons. The Labute approximate surface area is 135 Å². The molecule has 2 unspecified atom stereocenters. The maximum Gasteiger partial charge on any atom is 0.107 e. The second-order valence-electron chi connectivity index (χ2n) is 4.38. The Morgan fingerprint density at radius 2 is 2.21 bits per heavy atom. The topological polar surface area (TPSA) is 29.3 Å². The van der Waals surface area contributed by atoms with Gasteiger partial charge in [0.05, 0.1) is 6.04 Å². The van der Waals surface area contributed by atoms with Crippen LogP contribution in [0.3, 0.4) is 0 Å². The van der Waals surface area contributed by atoms with E-state index < -0.39 is 0 Å². The molecule has 2 rings (SSSR count). The monoisotopic (exact) mass is 378 g/mol. The van der Waals surface area contributed by atoms with E-state index in [0.717, 1.165) is 8.81 Å². The highest BCUT2D eigenvalue weighted by Gasteiger charge is 2.24. The predicted molar refractivity (Wildman–Crippen MR) is 89.3 cm³/mol. The summed E-state index contributed by atoms with van der Waals surface area (Å²) in [7, 11) is 2.11. The van der Waals surface area contributed by atoms with Gasteiger partial charge in [-0.05, 0) is 47.4 Å². The van der Waals surface area contributed by atoms with Crippen LogP contribution in [0.5, 0.6) is 0 Å². The predicted octanol–water partition coefficient (Wildman–Crippen LogP) is 4.92. The first-order valence-electron chi connectivity index (χ1n) is 5.94. The lowest BCUT2D eigenvalue weighted by Crippen LogP contribution is -2.31. The number of halogens is 2. The smallest absolute Gasteiger partial charge is 0.107 e. The zero-order chi connectivity index (χ0) is 14.0. The summed E-state index contributed by atoms with van der Waals surface area (Å²) in [6.07, 6.45) is 0. The second kappa shape index (κ2) is 6.70. The molecule has 0 fully saturated rings. The standard InChI is InChI=1S/C13H16BrClN2S2/c1-8(11-4-3-5-18-11)17(2)10(7-16)12-6-9(14)13(15)19-12/h3-6,8,10H,7,16H2,1-2H3. The molecule has 0 saturated carbocycles. The zero-order valence-electron chi connectivity index (χ0n) is 10.8. The van der Waals surface area contributed by atoms with Crippen LogP contribution >= 0.6 is 50.2 Å². The van der Waals surface area contributed by atoms with Gasteiger partial charge in [0.15, 0.2) is 0 Å². The molecular formula is C13H16BrClN2S2. The molecule has 0 aromatic carbocycles. The molecule has 0 bridgehead atoms. The molecule has 0 aliphatic heterocycles. The molecule has 0 aliphatic carbocycles. The lowest BCUT2D eigenvalue weighted by Gasteiger charge is -2.31. The maximum atomic E-state index is 6.13. The average molecular weight is 380 g/mol. The van der Waals surface area contributed by atoms with E-state index >= 15 is 0 Å². The van der Waals surface area contributed by atoms with Crippen LogP contribution < -0.4 is 5.73 Å². The first-order chi connectivity index (χ1) is 9.04. The van der Waals surface area contributed by atoms with Crippen LogP contribution in [0, 0.1) is 0 Å². The van der Waals surface area contributed by atoms with Crippen molar-refractivity contribution in [2.24, 2.45) is 5.73 Å². The van der Waals surface area contributed by atoms with E-state index in [0.29, 0.717) is 12.6 Å². The van der Waals surface area contributed by atoms with Gasteiger partial charge in [0.2, 0.25) is 0 Å². The summed E-state index contributed by atoms with van der Waals surface area (Å²) in [6, 6.07) is 6.85. The number of hydrogen-bond acceptors (Lipinski definition) is 4. The van der Waals surface area contributed by atoms with E-state index in [2.05, 4.69) is 58.4 Å². The van der Waals surface area contributed by atoms with Crippen LogP contribution in [0.15, 0.2) is 28.1 Å². The first kappa shape index (κ1) is 15.5. The summed E-state index contributed by atoms with van der Waals surface area (Å²) in [5, 5.41) is 2.11. The van der Waals surface area contributed by atoms with Gasteiger partial charge >= 0.3 is 0 Å². The summed E-state index contributed by atoms with van der Waals surface area (Å²) in [6.45, 7) is 2.79. The Morgan fingerprint density at radius 3 is 2.68 bits per heavy atom. The van der Waals surface area contributed by atoms with Crippen molar-refractivity contribution in [1.82, 2.24) is 4.90 Å². The van der Waals surface area contributed by atoms with Crippen molar-refractivity contribution in [3.8, 4) is 0 Å². The fraction of sp³-hybridized carbons (Fsp3) is 0.385. The Hall–Kier alpha value is 0.0900. The highest BCUT2D eigenvalue weighted by molar-refractivity contribution is 9.10. The molecule has 2 N–H and O–H groups in total. The van der Waals surface area contributed by atoms with Gasteiger partial charge in [0.25, 0.3) is 0 Å². The molecular weight excluding hydrogens is 364 g/mol. The summed E-state index contributed by atoms with van der Waals surface area (Å²) < 4.78 is 1.73. The van der Waals surface area contributed by atoms with Gasteiger partial charge in [-0.2, -0.15) is 0 Å². The molecule has 6 heteroatoms. The molecule has 0 saturated heterocycles. The van der Waals surface area contributed by atoms with Crippen molar-refractivity contribution in [3.05, 3.63) is 42.1 Å². The van der Waals surface area contributed by atoms with Crippen molar-refractivity contribution in [2.45, 2.75) is 19.0 Å². The first-order valence-corrected chi connectivity index (χ1v) is 8.81. The van der Waals surface area contributed by atoms with Crippen LogP contribution in [-0.4, -0.2) is 18.5 Å². The summed E-state index contributed by atoms with van der Waals surface area (Å²) >= 11 is 13.0. The Bertz CT molecular complexity index is 507. The van der Waals surface area contributed by atoms with Gasteiger partial charge in [-0.25, -0.2) is 0 Å². The molecule has 0 amide bonds. The number of likely N-dealkylation sites (N-methyl/N-ethyl adjacent to an activating group) is 1. The number of nitrogens with two attached hydrogens (primary N) is 1. The van der Waals surface area contributed by atoms with Gasteiger partial charge in [-0.1, -0.05) is 17.7 Å². The van der Waals surface area contributed by atoms with Gasteiger partial charge in [0.1, 0.15) is 4.34 Å². The molecule has 0 spiro atoms. The lowest BCUT2D eigenvalue weighted by molar-refractivity contribution is 0.195. The molecule has 19 heavy (non-hydrogen) atoms. The Morgan fingerprint density at radius 1 is 1.47 bits per heavy atom. The SMILES string of the molecule is CC(c1cccs1)N(C)C(CN)c1cc(Br)c(Cl)s1. The minimum atomic E-state index is 0.186. The Kier molecular flexibility index (Phi) is 5.45. The van der Waals surface area contributed by atoms with Crippen molar-refractivity contribution < 1.29 is 0 Å². The molecule has 104 valence electrons. The number of hydrogen-bond donors (Lipinski definition) is 1. The fourth-order valence-electron chi connectivity index (χ4n) is 2.01. The molecule has 2 nitrogen and oxygen atoms in total. The zero-order valence-corrected chi connectivity index (χ0v) is 14.7. The van der Waals surface area contributed by atoms with Gasteiger partial charge in [-0.3, -0.25) is 4.90 Å². The number of thiophene rings is 2. The van der Waals surface area contributed by atoms with Crippen LogP contribution in [0.2, 0.25) is 4.34 Å². The van der Waals surface area contributed by atoms with E-state index in [-0.39, 0.29) is 6.04 Å². The van der Waals surface area contributed by atoms with Gasteiger partial charge in [0, 0.05) is 26.8 Å². The average Bonchev–Trinajstić information content (AvgIpc) is 3.01. The van der Waals surface area contributed by atoms with Crippen molar-refractivity contribution in [3.63, 3.8) is 0 Å². The van der Waals surface area contributed by atoms with Gasteiger partial charge in [-0.15, -0.1) is 22.7 Å². The molecule has 2 atom stereocenters.